The lowest BCUT2D eigenvalue weighted by atomic mass is 9.99. The summed E-state index contributed by atoms with van der Waals surface area (Å²) in [5, 5.41) is 18.1. The lowest BCUT2D eigenvalue weighted by Gasteiger charge is -2.14. The van der Waals surface area contributed by atoms with Gasteiger partial charge in [0, 0.05) is 19.1 Å². The molecule has 17 heavy (non-hydrogen) atoms. The summed E-state index contributed by atoms with van der Waals surface area (Å²) in [5.74, 6) is 0.873. The molecule has 0 aliphatic rings. The third kappa shape index (κ3) is 4.36. The topological polar surface area (TPSA) is 49.7 Å². The summed E-state index contributed by atoms with van der Waals surface area (Å²) in [7, 11) is 0. The number of aryl methyl sites for hydroxylation is 2. The highest BCUT2D eigenvalue weighted by molar-refractivity contribution is 5.37. The maximum atomic E-state index is 9.04. The maximum Gasteiger partial charge on any atom is 0.122 e. The van der Waals surface area contributed by atoms with Crippen molar-refractivity contribution in [2.45, 2.75) is 26.7 Å². The van der Waals surface area contributed by atoms with Crippen molar-refractivity contribution in [3.8, 4) is 5.75 Å². The first-order valence-corrected chi connectivity index (χ1v) is 6.15. The summed E-state index contributed by atoms with van der Waals surface area (Å²) in [6.45, 7) is 4.74. The van der Waals surface area contributed by atoms with Crippen LogP contribution in [0.1, 0.15) is 24.5 Å². The van der Waals surface area contributed by atoms with Crippen molar-refractivity contribution in [3.05, 3.63) is 29.3 Å². The summed E-state index contributed by atoms with van der Waals surface area (Å²) >= 11 is 0. The maximum absolute atomic E-state index is 9.04. The second-order valence-corrected chi connectivity index (χ2v) is 4.31. The highest BCUT2D eigenvalue weighted by Gasteiger charge is 2.09. The fourth-order valence-electron chi connectivity index (χ4n) is 1.80. The Labute approximate surface area is 103 Å². The Balaban J connectivity index is 2.70. The minimum Gasteiger partial charge on any atom is -0.494 e. The number of benzene rings is 1. The van der Waals surface area contributed by atoms with E-state index in [1.54, 1.807) is 0 Å². The number of ether oxygens (including phenoxy) is 1. The van der Waals surface area contributed by atoms with Crippen molar-refractivity contribution >= 4 is 0 Å². The SMILES string of the molecule is CCOc1ccc(C)cc1CCC(CO)CO. The van der Waals surface area contributed by atoms with Gasteiger partial charge in [-0.05, 0) is 38.3 Å². The molecule has 1 rings (SSSR count). The van der Waals surface area contributed by atoms with Gasteiger partial charge in [0.15, 0.2) is 0 Å². The summed E-state index contributed by atoms with van der Waals surface area (Å²) in [4.78, 5) is 0. The molecule has 0 atom stereocenters. The van der Waals surface area contributed by atoms with Gasteiger partial charge in [0.2, 0.25) is 0 Å². The van der Waals surface area contributed by atoms with E-state index in [0.29, 0.717) is 6.61 Å². The minimum atomic E-state index is -0.0370. The standard InChI is InChI=1S/C14H22O3/c1-3-17-14-7-4-11(2)8-13(14)6-5-12(9-15)10-16/h4,7-8,12,15-16H,3,5-6,9-10H2,1-2H3. The van der Waals surface area contributed by atoms with Crippen molar-refractivity contribution in [2.75, 3.05) is 19.8 Å². The van der Waals surface area contributed by atoms with E-state index in [2.05, 4.69) is 13.0 Å². The van der Waals surface area contributed by atoms with Crippen LogP contribution in [0.5, 0.6) is 5.75 Å². The van der Waals surface area contributed by atoms with Gasteiger partial charge in [-0.3, -0.25) is 0 Å². The molecule has 0 saturated heterocycles. The van der Waals surface area contributed by atoms with Crippen LogP contribution < -0.4 is 4.74 Å². The van der Waals surface area contributed by atoms with Crippen LogP contribution in [0, 0.1) is 12.8 Å². The molecule has 0 saturated carbocycles. The molecule has 0 fully saturated rings. The highest BCUT2D eigenvalue weighted by Crippen LogP contribution is 2.23. The number of aliphatic hydroxyl groups is 2. The molecule has 1 aromatic rings. The Bertz CT molecular complexity index is 332. The fourth-order valence-corrected chi connectivity index (χ4v) is 1.80. The van der Waals surface area contributed by atoms with E-state index in [9.17, 15) is 0 Å². The Morgan fingerprint density at radius 2 is 1.94 bits per heavy atom. The van der Waals surface area contributed by atoms with E-state index in [4.69, 9.17) is 14.9 Å². The van der Waals surface area contributed by atoms with Crippen molar-refractivity contribution in [1.29, 1.82) is 0 Å². The third-order valence-electron chi connectivity index (χ3n) is 2.85. The smallest absolute Gasteiger partial charge is 0.122 e. The molecule has 0 unspecified atom stereocenters. The number of rotatable bonds is 7. The van der Waals surface area contributed by atoms with Crippen molar-refractivity contribution < 1.29 is 14.9 Å². The highest BCUT2D eigenvalue weighted by atomic mass is 16.5. The zero-order valence-electron chi connectivity index (χ0n) is 10.6. The zero-order valence-corrected chi connectivity index (χ0v) is 10.6. The van der Waals surface area contributed by atoms with E-state index in [1.807, 2.05) is 19.1 Å². The van der Waals surface area contributed by atoms with Crippen LogP contribution >= 0.6 is 0 Å². The van der Waals surface area contributed by atoms with Crippen LogP contribution in [-0.2, 0) is 6.42 Å². The van der Waals surface area contributed by atoms with Crippen LogP contribution in [0.2, 0.25) is 0 Å². The predicted molar refractivity (Wildman–Crippen MR) is 68.3 cm³/mol. The van der Waals surface area contributed by atoms with E-state index in [0.717, 1.165) is 24.2 Å². The Kier molecular flexibility index (Phi) is 6.01. The fraction of sp³-hybridized carbons (Fsp3) is 0.571. The molecule has 0 radical (unpaired) electrons. The second-order valence-electron chi connectivity index (χ2n) is 4.31. The molecule has 0 aliphatic heterocycles. The lowest BCUT2D eigenvalue weighted by Crippen LogP contribution is -2.12. The van der Waals surface area contributed by atoms with Crippen LogP contribution in [0.4, 0.5) is 0 Å². The van der Waals surface area contributed by atoms with Gasteiger partial charge < -0.3 is 14.9 Å². The molecule has 0 amide bonds. The molecule has 0 heterocycles. The molecular formula is C14H22O3. The Morgan fingerprint density at radius 3 is 2.53 bits per heavy atom. The molecule has 0 spiro atoms. The Morgan fingerprint density at radius 1 is 1.24 bits per heavy atom. The molecule has 3 heteroatoms. The van der Waals surface area contributed by atoms with Gasteiger partial charge >= 0.3 is 0 Å². The zero-order chi connectivity index (χ0) is 12.7. The third-order valence-corrected chi connectivity index (χ3v) is 2.85. The molecule has 3 nitrogen and oxygen atoms in total. The van der Waals surface area contributed by atoms with Gasteiger partial charge in [-0.1, -0.05) is 17.7 Å². The summed E-state index contributed by atoms with van der Waals surface area (Å²) in [6, 6.07) is 6.13. The van der Waals surface area contributed by atoms with Gasteiger partial charge in [0.25, 0.3) is 0 Å². The van der Waals surface area contributed by atoms with E-state index in [-0.39, 0.29) is 19.1 Å². The lowest BCUT2D eigenvalue weighted by molar-refractivity contribution is 0.144. The monoisotopic (exact) mass is 238 g/mol. The number of aliphatic hydroxyl groups excluding tert-OH is 2. The molecule has 1 aromatic carbocycles. The van der Waals surface area contributed by atoms with Crippen molar-refractivity contribution in [3.63, 3.8) is 0 Å². The number of hydrogen-bond donors (Lipinski definition) is 2. The quantitative estimate of drug-likeness (QED) is 0.763. The first-order valence-electron chi connectivity index (χ1n) is 6.15. The van der Waals surface area contributed by atoms with Crippen LogP contribution in [0.15, 0.2) is 18.2 Å². The minimum absolute atomic E-state index is 0.0340. The first-order chi connectivity index (χ1) is 8.21. The molecule has 2 N–H and O–H groups in total. The van der Waals surface area contributed by atoms with Crippen molar-refractivity contribution in [2.24, 2.45) is 5.92 Å². The average molecular weight is 238 g/mol. The van der Waals surface area contributed by atoms with Crippen LogP contribution in [-0.4, -0.2) is 30.0 Å². The molecule has 0 aromatic heterocycles. The van der Waals surface area contributed by atoms with E-state index >= 15 is 0 Å². The normalized spacial score (nSPS) is 10.9. The average Bonchev–Trinajstić information content (AvgIpc) is 2.34. The van der Waals surface area contributed by atoms with Gasteiger partial charge in [0.05, 0.1) is 6.61 Å². The van der Waals surface area contributed by atoms with Crippen molar-refractivity contribution in [1.82, 2.24) is 0 Å². The van der Waals surface area contributed by atoms with Gasteiger partial charge in [-0.25, -0.2) is 0 Å². The summed E-state index contributed by atoms with van der Waals surface area (Å²) < 4.78 is 5.57. The summed E-state index contributed by atoms with van der Waals surface area (Å²) in [6.07, 6.45) is 1.60. The van der Waals surface area contributed by atoms with Gasteiger partial charge in [0.1, 0.15) is 5.75 Å². The van der Waals surface area contributed by atoms with Crippen LogP contribution in [0.25, 0.3) is 0 Å². The van der Waals surface area contributed by atoms with Crippen LogP contribution in [0.3, 0.4) is 0 Å². The predicted octanol–water partition coefficient (Wildman–Crippen LogP) is 1.93. The van der Waals surface area contributed by atoms with E-state index in [1.165, 1.54) is 5.56 Å². The molecule has 0 bridgehead atoms. The second kappa shape index (κ2) is 7.30. The summed E-state index contributed by atoms with van der Waals surface area (Å²) in [5.41, 5.74) is 2.35. The Hall–Kier alpha value is -1.06. The van der Waals surface area contributed by atoms with Gasteiger partial charge in [-0.15, -0.1) is 0 Å². The first kappa shape index (κ1) is 14.0. The molecule has 96 valence electrons. The number of hydrogen-bond acceptors (Lipinski definition) is 3. The largest absolute Gasteiger partial charge is 0.494 e. The van der Waals surface area contributed by atoms with E-state index < -0.39 is 0 Å². The molecule has 0 aliphatic carbocycles. The molecular weight excluding hydrogens is 216 g/mol. The van der Waals surface area contributed by atoms with Gasteiger partial charge in [-0.2, -0.15) is 0 Å².